The van der Waals surface area contributed by atoms with Crippen LogP contribution in [0.15, 0.2) is 24.3 Å². The van der Waals surface area contributed by atoms with Crippen LogP contribution in [0.25, 0.3) is 0 Å². The second-order valence-corrected chi connectivity index (χ2v) is 5.20. The van der Waals surface area contributed by atoms with Crippen molar-refractivity contribution in [1.29, 1.82) is 0 Å². The van der Waals surface area contributed by atoms with Crippen molar-refractivity contribution < 1.29 is 9.90 Å². The van der Waals surface area contributed by atoms with E-state index >= 15 is 0 Å². The van der Waals surface area contributed by atoms with Gasteiger partial charge in [0.25, 0.3) is 0 Å². The molecule has 19 heavy (non-hydrogen) atoms. The van der Waals surface area contributed by atoms with Crippen LogP contribution in [0.2, 0.25) is 5.02 Å². The predicted molar refractivity (Wildman–Crippen MR) is 75.5 cm³/mol. The van der Waals surface area contributed by atoms with E-state index in [1.807, 2.05) is 11.0 Å². The molecule has 2 rings (SSSR count). The Hall–Kier alpha value is -1.10. The topological polar surface area (TPSA) is 43.8 Å². The molecule has 1 aliphatic heterocycles. The summed E-state index contributed by atoms with van der Waals surface area (Å²) >= 11 is 5.96. The Labute approximate surface area is 118 Å². The standard InChI is InChI=1S/C14H19ClN2O2/c1-2-16-6-8-17(9-7-16)13(14(18)19)11-4-3-5-12(15)10-11/h3-5,10,13H,2,6-9H2,1H3,(H,18,19). The molecule has 0 radical (unpaired) electrons. The summed E-state index contributed by atoms with van der Waals surface area (Å²) < 4.78 is 0. The molecule has 1 aromatic carbocycles. The average Bonchev–Trinajstić information content (AvgIpc) is 2.39. The van der Waals surface area contributed by atoms with Gasteiger partial charge in [-0.25, -0.2) is 0 Å². The summed E-state index contributed by atoms with van der Waals surface area (Å²) in [4.78, 5) is 15.9. The third-order valence-corrected chi connectivity index (χ3v) is 3.85. The molecule has 1 saturated heterocycles. The van der Waals surface area contributed by atoms with Crippen LogP contribution >= 0.6 is 11.6 Å². The number of piperazine rings is 1. The fraction of sp³-hybridized carbons (Fsp3) is 0.500. The predicted octanol–water partition coefficient (Wildman–Crippen LogP) is 2.10. The van der Waals surface area contributed by atoms with Crippen molar-refractivity contribution >= 4 is 17.6 Å². The molecule has 1 aliphatic rings. The van der Waals surface area contributed by atoms with Crippen molar-refractivity contribution in [3.05, 3.63) is 34.9 Å². The zero-order chi connectivity index (χ0) is 13.8. The van der Waals surface area contributed by atoms with Gasteiger partial charge >= 0.3 is 5.97 Å². The number of hydrogen-bond acceptors (Lipinski definition) is 3. The summed E-state index contributed by atoms with van der Waals surface area (Å²) in [6.07, 6.45) is 0. The van der Waals surface area contributed by atoms with Crippen LogP contribution in [0.1, 0.15) is 18.5 Å². The first-order chi connectivity index (χ1) is 9.11. The maximum absolute atomic E-state index is 11.6. The van der Waals surface area contributed by atoms with Crippen molar-refractivity contribution in [1.82, 2.24) is 9.80 Å². The molecule has 5 heteroatoms. The van der Waals surface area contributed by atoms with Gasteiger partial charge in [-0.2, -0.15) is 0 Å². The Kier molecular flexibility index (Phi) is 4.80. The van der Waals surface area contributed by atoms with Gasteiger partial charge in [0.2, 0.25) is 0 Å². The summed E-state index contributed by atoms with van der Waals surface area (Å²) in [6, 6.07) is 6.54. The SMILES string of the molecule is CCN1CCN(C(C(=O)O)c2cccc(Cl)c2)CC1. The van der Waals surface area contributed by atoms with Crippen molar-refractivity contribution in [2.24, 2.45) is 0 Å². The van der Waals surface area contributed by atoms with E-state index in [4.69, 9.17) is 11.6 Å². The lowest BCUT2D eigenvalue weighted by atomic mass is 10.0. The van der Waals surface area contributed by atoms with E-state index < -0.39 is 12.0 Å². The van der Waals surface area contributed by atoms with Gasteiger partial charge in [0, 0.05) is 31.2 Å². The van der Waals surface area contributed by atoms with E-state index in [1.165, 1.54) is 0 Å². The summed E-state index contributed by atoms with van der Waals surface area (Å²) in [7, 11) is 0. The van der Waals surface area contributed by atoms with Crippen molar-refractivity contribution in [2.45, 2.75) is 13.0 Å². The van der Waals surface area contributed by atoms with E-state index in [1.54, 1.807) is 18.2 Å². The maximum Gasteiger partial charge on any atom is 0.325 e. The van der Waals surface area contributed by atoms with Crippen LogP contribution < -0.4 is 0 Å². The third-order valence-electron chi connectivity index (χ3n) is 3.62. The molecule has 0 aliphatic carbocycles. The highest BCUT2D eigenvalue weighted by atomic mass is 35.5. The summed E-state index contributed by atoms with van der Waals surface area (Å²) in [5.41, 5.74) is 0.755. The van der Waals surface area contributed by atoms with Crippen LogP contribution in [0.4, 0.5) is 0 Å². The Morgan fingerprint density at radius 3 is 2.58 bits per heavy atom. The Balaban J connectivity index is 2.15. The number of carboxylic acid groups (broad SMARTS) is 1. The lowest BCUT2D eigenvalue weighted by molar-refractivity contribution is -0.144. The second kappa shape index (κ2) is 6.37. The number of halogens is 1. The highest BCUT2D eigenvalue weighted by molar-refractivity contribution is 6.30. The molecule has 1 unspecified atom stereocenters. The fourth-order valence-corrected chi connectivity index (χ4v) is 2.72. The minimum Gasteiger partial charge on any atom is -0.480 e. The van der Waals surface area contributed by atoms with Crippen molar-refractivity contribution in [3.63, 3.8) is 0 Å². The van der Waals surface area contributed by atoms with Crippen LogP contribution in [0.3, 0.4) is 0 Å². The van der Waals surface area contributed by atoms with Gasteiger partial charge < -0.3 is 10.0 Å². The molecular weight excluding hydrogens is 264 g/mol. The van der Waals surface area contributed by atoms with E-state index in [0.717, 1.165) is 38.3 Å². The zero-order valence-corrected chi connectivity index (χ0v) is 11.8. The van der Waals surface area contributed by atoms with Crippen LogP contribution in [0.5, 0.6) is 0 Å². The average molecular weight is 283 g/mol. The fourth-order valence-electron chi connectivity index (χ4n) is 2.52. The van der Waals surface area contributed by atoms with Gasteiger partial charge in [-0.05, 0) is 24.2 Å². The Bertz CT molecular complexity index is 445. The number of rotatable bonds is 4. The van der Waals surface area contributed by atoms with Gasteiger partial charge in [-0.3, -0.25) is 9.69 Å². The normalized spacial score (nSPS) is 19.3. The van der Waals surface area contributed by atoms with Crippen molar-refractivity contribution in [3.8, 4) is 0 Å². The van der Waals surface area contributed by atoms with E-state index in [2.05, 4.69) is 11.8 Å². The molecule has 0 saturated carbocycles. The number of carboxylic acids is 1. The summed E-state index contributed by atoms with van der Waals surface area (Å²) in [5.74, 6) is -0.813. The number of hydrogen-bond donors (Lipinski definition) is 1. The largest absolute Gasteiger partial charge is 0.480 e. The second-order valence-electron chi connectivity index (χ2n) is 4.77. The molecule has 1 atom stereocenters. The maximum atomic E-state index is 11.6. The molecule has 0 aromatic heterocycles. The van der Waals surface area contributed by atoms with Gasteiger partial charge in [0.05, 0.1) is 0 Å². The first kappa shape index (κ1) is 14.3. The molecule has 1 fully saturated rings. The molecule has 1 N–H and O–H groups in total. The highest BCUT2D eigenvalue weighted by Crippen LogP contribution is 2.24. The molecule has 0 amide bonds. The van der Waals surface area contributed by atoms with Crippen molar-refractivity contribution in [2.75, 3.05) is 32.7 Å². The quantitative estimate of drug-likeness (QED) is 0.919. The monoisotopic (exact) mass is 282 g/mol. The van der Waals surface area contributed by atoms with E-state index in [9.17, 15) is 9.90 Å². The van der Waals surface area contributed by atoms with Gasteiger partial charge in [-0.1, -0.05) is 30.7 Å². The molecule has 1 aromatic rings. The van der Waals surface area contributed by atoms with Gasteiger partial charge in [-0.15, -0.1) is 0 Å². The first-order valence-electron chi connectivity index (χ1n) is 6.56. The highest BCUT2D eigenvalue weighted by Gasteiger charge is 2.29. The molecule has 104 valence electrons. The molecular formula is C14H19ClN2O2. The lowest BCUT2D eigenvalue weighted by Crippen LogP contribution is -2.49. The smallest absolute Gasteiger partial charge is 0.325 e. The van der Waals surface area contributed by atoms with Gasteiger partial charge in [0.1, 0.15) is 6.04 Å². The zero-order valence-electron chi connectivity index (χ0n) is 11.1. The lowest BCUT2D eigenvalue weighted by Gasteiger charge is -2.37. The molecule has 0 bridgehead atoms. The van der Waals surface area contributed by atoms with Crippen LogP contribution in [-0.4, -0.2) is 53.6 Å². The number of likely N-dealkylation sites (N-methyl/N-ethyl adjacent to an activating group) is 1. The molecule has 4 nitrogen and oxygen atoms in total. The number of nitrogens with zero attached hydrogens (tertiary/aromatic N) is 2. The Morgan fingerprint density at radius 1 is 1.37 bits per heavy atom. The Morgan fingerprint density at radius 2 is 2.05 bits per heavy atom. The van der Waals surface area contributed by atoms with Crippen LogP contribution in [0, 0.1) is 0 Å². The van der Waals surface area contributed by atoms with Gasteiger partial charge in [0.15, 0.2) is 0 Å². The molecule has 0 spiro atoms. The first-order valence-corrected chi connectivity index (χ1v) is 6.94. The van der Waals surface area contributed by atoms with Crippen LogP contribution in [-0.2, 0) is 4.79 Å². The minimum atomic E-state index is -0.813. The molecule has 1 heterocycles. The van der Waals surface area contributed by atoms with E-state index in [0.29, 0.717) is 5.02 Å². The minimum absolute atomic E-state index is 0.580. The number of carbonyl (C=O) groups is 1. The summed E-state index contributed by atoms with van der Waals surface area (Å²) in [6.45, 7) is 6.53. The number of aliphatic carboxylic acids is 1. The number of benzene rings is 1. The third kappa shape index (κ3) is 3.47. The summed E-state index contributed by atoms with van der Waals surface area (Å²) in [5, 5.41) is 10.1. The van der Waals surface area contributed by atoms with E-state index in [-0.39, 0.29) is 0 Å².